The van der Waals surface area contributed by atoms with E-state index in [0.29, 0.717) is 5.69 Å². The number of aromatic amines is 1. The lowest BCUT2D eigenvalue weighted by atomic mass is 10.1. The average molecular weight is 402 g/mol. The van der Waals surface area contributed by atoms with Gasteiger partial charge >= 0.3 is 5.69 Å². The average Bonchev–Trinajstić information content (AvgIpc) is 3.05. The Hall–Kier alpha value is -3.87. The Labute approximate surface area is 172 Å². The van der Waals surface area contributed by atoms with E-state index in [-0.39, 0.29) is 29.0 Å². The van der Waals surface area contributed by atoms with E-state index in [0.717, 1.165) is 21.3 Å². The van der Waals surface area contributed by atoms with Gasteiger partial charge in [0.15, 0.2) is 0 Å². The van der Waals surface area contributed by atoms with Gasteiger partial charge in [0.1, 0.15) is 5.52 Å². The minimum absolute atomic E-state index is 0.153. The van der Waals surface area contributed by atoms with Gasteiger partial charge < -0.3 is 14.9 Å². The van der Waals surface area contributed by atoms with Gasteiger partial charge in [-0.3, -0.25) is 14.2 Å². The summed E-state index contributed by atoms with van der Waals surface area (Å²) in [4.78, 5) is 41.3. The van der Waals surface area contributed by atoms with Crippen molar-refractivity contribution in [3.05, 3.63) is 97.8 Å². The molecule has 30 heavy (non-hydrogen) atoms. The fraction of sp³-hybridized carbons (Fsp3) is 0.174. The van der Waals surface area contributed by atoms with E-state index in [4.69, 9.17) is 0 Å². The van der Waals surface area contributed by atoms with E-state index >= 15 is 0 Å². The second-order valence-electron chi connectivity index (χ2n) is 7.44. The Balaban J connectivity index is 1.75. The number of hydrogen-bond donors (Lipinski definition) is 2. The second-order valence-corrected chi connectivity index (χ2v) is 7.44. The molecular weight excluding hydrogens is 380 g/mol. The number of carbonyl (C=O) groups excluding carboxylic acids is 1. The smallest absolute Gasteiger partial charge is 0.329 e. The molecule has 1 amide bonds. The lowest BCUT2D eigenvalue weighted by Crippen LogP contribution is -2.36. The van der Waals surface area contributed by atoms with Crippen LogP contribution in [0.15, 0.2) is 64.3 Å². The van der Waals surface area contributed by atoms with Crippen molar-refractivity contribution in [2.75, 3.05) is 5.32 Å². The molecule has 0 spiro atoms. The van der Waals surface area contributed by atoms with Crippen LogP contribution in [0.4, 0.5) is 5.69 Å². The van der Waals surface area contributed by atoms with Gasteiger partial charge in [-0.2, -0.15) is 0 Å². The molecule has 4 rings (SSSR count). The summed E-state index contributed by atoms with van der Waals surface area (Å²) < 4.78 is 2.72. The number of aryl methyl sites for hydroxylation is 3. The fourth-order valence-electron chi connectivity index (χ4n) is 3.50. The number of benzene rings is 2. The molecule has 2 heterocycles. The van der Waals surface area contributed by atoms with Gasteiger partial charge in [0.25, 0.3) is 11.5 Å². The van der Waals surface area contributed by atoms with Crippen LogP contribution in [0.5, 0.6) is 0 Å². The molecule has 0 bridgehead atoms. The first-order valence-electron chi connectivity index (χ1n) is 9.60. The summed E-state index contributed by atoms with van der Waals surface area (Å²) in [5.41, 5.74) is 3.43. The number of aromatic nitrogens is 3. The number of amides is 1. The topological polar surface area (TPSA) is 88.9 Å². The lowest BCUT2D eigenvalue weighted by Gasteiger charge is -2.08. The van der Waals surface area contributed by atoms with Gasteiger partial charge in [-0.05, 0) is 42.7 Å². The second kappa shape index (κ2) is 7.51. The maximum absolute atomic E-state index is 13.0. The maximum Gasteiger partial charge on any atom is 0.329 e. The normalized spacial score (nSPS) is 11.0. The molecule has 7 heteroatoms. The van der Waals surface area contributed by atoms with Crippen molar-refractivity contribution < 1.29 is 4.79 Å². The molecule has 0 radical (unpaired) electrons. The molecule has 0 saturated heterocycles. The van der Waals surface area contributed by atoms with E-state index in [2.05, 4.69) is 10.3 Å². The number of nitrogens with one attached hydrogen (secondary N) is 2. The number of H-pyrrole nitrogens is 1. The third-order valence-electron chi connectivity index (χ3n) is 5.30. The number of hydrogen-bond acceptors (Lipinski definition) is 3. The molecule has 0 aliphatic rings. The summed E-state index contributed by atoms with van der Waals surface area (Å²) in [6.45, 7) is 4.12. The van der Waals surface area contributed by atoms with Gasteiger partial charge in [-0.25, -0.2) is 4.79 Å². The highest BCUT2D eigenvalue weighted by molar-refractivity contribution is 6.11. The molecule has 0 fully saturated rings. The van der Waals surface area contributed by atoms with Crippen LogP contribution in [-0.4, -0.2) is 20.0 Å². The molecule has 0 atom stereocenters. The molecule has 2 aromatic carbocycles. The standard InChI is InChI=1S/C23H22N4O3/c1-14-9-10-17(11-15(14)2)24-21(28)18-13-26(3)20-19(18)25-23(30)27(22(20)29)12-16-7-5-4-6-8-16/h4-11,13H,12H2,1-3H3,(H,24,28)(H,25,30). The van der Waals surface area contributed by atoms with E-state index < -0.39 is 11.2 Å². The predicted octanol–water partition coefficient (Wildman–Crippen LogP) is 2.95. The van der Waals surface area contributed by atoms with Crippen LogP contribution in [-0.2, 0) is 13.6 Å². The monoisotopic (exact) mass is 402 g/mol. The summed E-state index contributed by atoms with van der Waals surface area (Å²) in [6.07, 6.45) is 1.56. The van der Waals surface area contributed by atoms with Crippen LogP contribution in [0.25, 0.3) is 11.0 Å². The van der Waals surface area contributed by atoms with Crippen LogP contribution in [0, 0.1) is 13.8 Å². The van der Waals surface area contributed by atoms with Crippen molar-refractivity contribution in [1.82, 2.24) is 14.1 Å². The van der Waals surface area contributed by atoms with Crippen LogP contribution >= 0.6 is 0 Å². The number of carbonyl (C=O) groups is 1. The van der Waals surface area contributed by atoms with E-state index in [1.807, 2.05) is 62.4 Å². The van der Waals surface area contributed by atoms with Crippen molar-refractivity contribution in [2.45, 2.75) is 20.4 Å². The third kappa shape index (κ3) is 3.45. The summed E-state index contributed by atoms with van der Waals surface area (Å²) in [5.74, 6) is -0.389. The van der Waals surface area contributed by atoms with E-state index in [1.165, 1.54) is 0 Å². The molecule has 152 valence electrons. The molecule has 2 N–H and O–H groups in total. The number of fused-ring (bicyclic) bond motifs is 1. The molecule has 0 saturated carbocycles. The fourth-order valence-corrected chi connectivity index (χ4v) is 3.50. The van der Waals surface area contributed by atoms with E-state index in [9.17, 15) is 14.4 Å². The van der Waals surface area contributed by atoms with Crippen molar-refractivity contribution in [3.63, 3.8) is 0 Å². The summed E-state index contributed by atoms with van der Waals surface area (Å²) in [6, 6.07) is 14.9. The van der Waals surface area contributed by atoms with Crippen LogP contribution in [0.3, 0.4) is 0 Å². The third-order valence-corrected chi connectivity index (χ3v) is 5.30. The molecule has 7 nitrogen and oxygen atoms in total. The summed E-state index contributed by atoms with van der Waals surface area (Å²) >= 11 is 0. The first-order valence-corrected chi connectivity index (χ1v) is 9.60. The largest absolute Gasteiger partial charge is 0.344 e. The number of anilines is 1. The van der Waals surface area contributed by atoms with Crippen LogP contribution in [0.1, 0.15) is 27.0 Å². The van der Waals surface area contributed by atoms with Gasteiger partial charge in [-0.15, -0.1) is 0 Å². The van der Waals surface area contributed by atoms with Crippen LogP contribution in [0.2, 0.25) is 0 Å². The van der Waals surface area contributed by atoms with Crippen molar-refractivity contribution in [2.24, 2.45) is 7.05 Å². The highest BCUT2D eigenvalue weighted by Gasteiger charge is 2.20. The summed E-state index contributed by atoms with van der Waals surface area (Å²) in [5, 5.41) is 2.84. The number of nitrogens with zero attached hydrogens (tertiary/aromatic N) is 2. The maximum atomic E-state index is 13.0. The minimum atomic E-state index is -0.553. The SMILES string of the molecule is Cc1ccc(NC(=O)c2cn(C)c3c(=O)n(Cc4ccccc4)c(=O)[nH]c23)cc1C. The van der Waals surface area contributed by atoms with E-state index in [1.54, 1.807) is 17.8 Å². The number of rotatable bonds is 4. The highest BCUT2D eigenvalue weighted by Crippen LogP contribution is 2.19. The first-order chi connectivity index (χ1) is 14.3. The summed E-state index contributed by atoms with van der Waals surface area (Å²) in [7, 11) is 1.68. The minimum Gasteiger partial charge on any atom is -0.344 e. The lowest BCUT2D eigenvalue weighted by molar-refractivity contribution is 0.102. The van der Waals surface area contributed by atoms with Crippen molar-refractivity contribution in [1.29, 1.82) is 0 Å². The van der Waals surface area contributed by atoms with Crippen molar-refractivity contribution in [3.8, 4) is 0 Å². The van der Waals surface area contributed by atoms with Crippen LogP contribution < -0.4 is 16.6 Å². The van der Waals surface area contributed by atoms with Gasteiger partial charge in [0, 0.05) is 18.9 Å². The predicted molar refractivity (Wildman–Crippen MR) is 117 cm³/mol. The Kier molecular flexibility index (Phi) is 4.87. The molecule has 4 aromatic rings. The zero-order chi connectivity index (χ0) is 21.4. The highest BCUT2D eigenvalue weighted by atomic mass is 16.2. The first kappa shape index (κ1) is 19.4. The molecule has 2 aromatic heterocycles. The van der Waals surface area contributed by atoms with Gasteiger partial charge in [0.05, 0.1) is 17.6 Å². The molecule has 0 unspecified atom stereocenters. The van der Waals surface area contributed by atoms with Gasteiger partial charge in [0.2, 0.25) is 0 Å². The Morgan fingerprint density at radius 3 is 2.47 bits per heavy atom. The van der Waals surface area contributed by atoms with Gasteiger partial charge in [-0.1, -0.05) is 36.4 Å². The molecule has 0 aliphatic heterocycles. The quantitative estimate of drug-likeness (QED) is 0.550. The molecular formula is C23H22N4O3. The zero-order valence-electron chi connectivity index (χ0n) is 17.0. The zero-order valence-corrected chi connectivity index (χ0v) is 17.0. The Morgan fingerprint density at radius 2 is 1.77 bits per heavy atom. The molecule has 0 aliphatic carbocycles. The Bertz CT molecular complexity index is 1380. The van der Waals surface area contributed by atoms with Crippen molar-refractivity contribution >= 4 is 22.6 Å². The Morgan fingerprint density at radius 1 is 1.03 bits per heavy atom.